The first kappa shape index (κ1) is 21.1. The maximum Gasteiger partial charge on any atom is 0.419 e. The molecule has 9 nitrogen and oxygen atoms in total. The Bertz CT molecular complexity index is 796. The van der Waals surface area contributed by atoms with Crippen molar-refractivity contribution in [2.75, 3.05) is 7.05 Å². The van der Waals surface area contributed by atoms with Gasteiger partial charge in [0.25, 0.3) is 11.7 Å². The van der Waals surface area contributed by atoms with Crippen LogP contribution in [-0.4, -0.2) is 35.9 Å². The molecule has 1 saturated carbocycles. The standard InChI is InChI=1S/C16H18F3N7O2/c1-22-26-14(25-21)15(27)24-9-2-4-10(5-3-9)28-11-6-12(16(17,18)19)13(7-20)23-8-11/h6,8-10,21-22H,2-5H2,1H3,(H,24,27)/b25-21?,26-14-/t9-,10-. The van der Waals surface area contributed by atoms with E-state index in [1.807, 2.05) is 0 Å². The Morgan fingerprint density at radius 2 is 2.07 bits per heavy atom. The number of ether oxygens (including phenoxy) is 1. The predicted octanol–water partition coefficient (Wildman–Crippen LogP) is 2.34. The predicted molar refractivity (Wildman–Crippen MR) is 90.4 cm³/mol. The van der Waals surface area contributed by atoms with Gasteiger partial charge in [-0.05, 0) is 31.7 Å². The van der Waals surface area contributed by atoms with Gasteiger partial charge in [-0.15, -0.1) is 5.11 Å². The Morgan fingerprint density at radius 1 is 1.39 bits per heavy atom. The topological polar surface area (TPSA) is 136 Å². The number of hydrogen-bond acceptors (Lipinski definition) is 7. The van der Waals surface area contributed by atoms with Crippen LogP contribution in [0.2, 0.25) is 0 Å². The van der Waals surface area contributed by atoms with Crippen molar-refractivity contribution < 1.29 is 22.7 Å². The average Bonchev–Trinajstić information content (AvgIpc) is 2.66. The second kappa shape index (κ2) is 9.12. The summed E-state index contributed by atoms with van der Waals surface area (Å²) in [7, 11) is 1.48. The number of nitriles is 1. The number of carbonyl (C=O) groups excluding carboxylic acids is 1. The summed E-state index contributed by atoms with van der Waals surface area (Å²) in [4.78, 5) is 15.4. The fourth-order valence-electron chi connectivity index (χ4n) is 2.82. The highest BCUT2D eigenvalue weighted by molar-refractivity contribution is 6.38. The Labute approximate surface area is 158 Å². The van der Waals surface area contributed by atoms with E-state index in [9.17, 15) is 18.0 Å². The van der Waals surface area contributed by atoms with Crippen LogP contribution in [0.1, 0.15) is 36.9 Å². The molecule has 0 spiro atoms. The van der Waals surface area contributed by atoms with Gasteiger partial charge in [0.2, 0.25) is 0 Å². The van der Waals surface area contributed by atoms with Crippen molar-refractivity contribution >= 4 is 11.7 Å². The number of amidine groups is 1. The van der Waals surface area contributed by atoms with E-state index in [0.29, 0.717) is 25.7 Å². The number of amides is 1. The molecule has 1 aromatic heterocycles. The molecule has 1 amide bonds. The quantitative estimate of drug-likeness (QED) is 0.310. The second-order valence-electron chi connectivity index (χ2n) is 6.01. The normalized spacial score (nSPS) is 20.0. The summed E-state index contributed by atoms with van der Waals surface area (Å²) in [6, 6.07) is 2.01. The molecule has 0 radical (unpaired) electrons. The fourth-order valence-corrected chi connectivity index (χ4v) is 2.82. The number of halogens is 3. The number of aromatic nitrogens is 1. The summed E-state index contributed by atoms with van der Waals surface area (Å²) in [6.07, 6.45) is -1.86. The third-order valence-electron chi connectivity index (χ3n) is 4.11. The number of hydrogen-bond donors (Lipinski definition) is 3. The molecule has 1 aliphatic rings. The van der Waals surface area contributed by atoms with Gasteiger partial charge in [-0.1, -0.05) is 0 Å². The number of rotatable bonds is 4. The van der Waals surface area contributed by atoms with E-state index in [1.54, 1.807) is 0 Å². The second-order valence-corrected chi connectivity index (χ2v) is 6.01. The molecule has 0 saturated heterocycles. The Balaban J connectivity index is 1.94. The number of hydrazone groups is 1. The van der Waals surface area contributed by atoms with E-state index in [-0.39, 0.29) is 23.7 Å². The summed E-state index contributed by atoms with van der Waals surface area (Å²) in [5.41, 5.74) is 7.47. The highest BCUT2D eigenvalue weighted by atomic mass is 19.4. The molecule has 0 unspecified atom stereocenters. The zero-order chi connectivity index (χ0) is 20.7. The minimum atomic E-state index is -4.70. The number of nitrogens with zero attached hydrogens (tertiary/aromatic N) is 4. The first-order valence-electron chi connectivity index (χ1n) is 8.35. The maximum atomic E-state index is 13.0. The lowest BCUT2D eigenvalue weighted by Crippen LogP contribution is -2.42. The van der Waals surface area contributed by atoms with E-state index >= 15 is 0 Å². The van der Waals surface area contributed by atoms with Crippen LogP contribution in [0.15, 0.2) is 22.5 Å². The molecule has 0 bridgehead atoms. The summed E-state index contributed by atoms with van der Waals surface area (Å²) < 4.78 is 44.6. The van der Waals surface area contributed by atoms with Crippen LogP contribution in [0.3, 0.4) is 0 Å². The van der Waals surface area contributed by atoms with Crippen LogP contribution < -0.4 is 15.5 Å². The molecule has 1 aromatic rings. The molecule has 150 valence electrons. The first-order chi connectivity index (χ1) is 13.3. The fraction of sp³-hybridized carbons (Fsp3) is 0.500. The number of nitrogens with one attached hydrogen (secondary N) is 3. The number of pyridine rings is 1. The van der Waals surface area contributed by atoms with Crippen LogP contribution in [0.4, 0.5) is 13.2 Å². The van der Waals surface area contributed by atoms with Gasteiger partial charge in [-0.3, -0.25) is 4.79 Å². The molecule has 1 fully saturated rings. The molecule has 1 heterocycles. The molecule has 0 aliphatic heterocycles. The summed E-state index contributed by atoms with van der Waals surface area (Å²) >= 11 is 0. The van der Waals surface area contributed by atoms with Crippen molar-refractivity contribution in [2.45, 2.75) is 44.0 Å². The van der Waals surface area contributed by atoms with E-state index in [2.05, 4.69) is 25.9 Å². The highest BCUT2D eigenvalue weighted by Crippen LogP contribution is 2.34. The number of alkyl halides is 3. The average molecular weight is 397 g/mol. The van der Waals surface area contributed by atoms with Crippen LogP contribution in [0.5, 0.6) is 5.75 Å². The van der Waals surface area contributed by atoms with E-state index in [4.69, 9.17) is 15.5 Å². The summed E-state index contributed by atoms with van der Waals surface area (Å²) in [5, 5.41) is 18.1. The zero-order valence-corrected chi connectivity index (χ0v) is 14.9. The van der Waals surface area contributed by atoms with Crippen molar-refractivity contribution in [3.05, 3.63) is 23.5 Å². The summed E-state index contributed by atoms with van der Waals surface area (Å²) in [6.45, 7) is 0. The largest absolute Gasteiger partial charge is 0.489 e. The molecule has 28 heavy (non-hydrogen) atoms. The van der Waals surface area contributed by atoms with Gasteiger partial charge < -0.3 is 15.5 Å². The Kier molecular flexibility index (Phi) is 6.86. The molecule has 0 atom stereocenters. The third-order valence-corrected chi connectivity index (χ3v) is 4.11. The van der Waals surface area contributed by atoms with Crippen LogP contribution in [0, 0.1) is 16.9 Å². The molecular weight excluding hydrogens is 379 g/mol. The lowest BCUT2D eigenvalue weighted by molar-refractivity contribution is -0.138. The Hall–Kier alpha value is -3.23. The van der Waals surface area contributed by atoms with Crippen LogP contribution >= 0.6 is 0 Å². The smallest absolute Gasteiger partial charge is 0.419 e. The highest BCUT2D eigenvalue weighted by Gasteiger charge is 2.35. The molecule has 0 aromatic carbocycles. The van der Waals surface area contributed by atoms with Crippen molar-refractivity contribution in [1.82, 2.24) is 15.7 Å². The molecular formula is C16H18F3N7O2. The number of carbonyl (C=O) groups is 1. The van der Waals surface area contributed by atoms with Crippen LogP contribution in [0.25, 0.3) is 0 Å². The zero-order valence-electron chi connectivity index (χ0n) is 14.9. The molecule has 12 heteroatoms. The minimum absolute atomic E-state index is 0.0599. The van der Waals surface area contributed by atoms with Gasteiger partial charge in [-0.25, -0.2) is 10.5 Å². The van der Waals surface area contributed by atoms with Crippen molar-refractivity contribution in [3.8, 4) is 11.8 Å². The lowest BCUT2D eigenvalue weighted by Gasteiger charge is -2.29. The van der Waals surface area contributed by atoms with Gasteiger partial charge in [0.05, 0.1) is 17.9 Å². The van der Waals surface area contributed by atoms with Gasteiger partial charge in [-0.2, -0.15) is 23.5 Å². The molecule has 1 aliphatic carbocycles. The van der Waals surface area contributed by atoms with Crippen molar-refractivity contribution in [1.29, 1.82) is 10.8 Å². The van der Waals surface area contributed by atoms with E-state index in [0.717, 1.165) is 12.3 Å². The third kappa shape index (κ3) is 5.38. The van der Waals surface area contributed by atoms with Crippen LogP contribution in [-0.2, 0) is 11.0 Å². The van der Waals surface area contributed by atoms with Crippen molar-refractivity contribution in [3.63, 3.8) is 0 Å². The van der Waals surface area contributed by atoms with Gasteiger partial charge in [0.15, 0.2) is 5.69 Å². The minimum Gasteiger partial charge on any atom is -0.489 e. The van der Waals surface area contributed by atoms with Crippen molar-refractivity contribution in [2.24, 2.45) is 10.2 Å². The SMILES string of the molecule is CN/N=C(\N=N)C(=O)N[C@H]1CC[C@H](Oc2cnc(C#N)c(C(F)(F)F)c2)CC1. The van der Waals surface area contributed by atoms with Gasteiger partial charge in [0.1, 0.15) is 11.8 Å². The van der Waals surface area contributed by atoms with Gasteiger partial charge >= 0.3 is 6.18 Å². The molecule has 2 rings (SSSR count). The van der Waals surface area contributed by atoms with Gasteiger partial charge in [0, 0.05) is 13.1 Å². The lowest BCUT2D eigenvalue weighted by atomic mass is 9.93. The summed E-state index contributed by atoms with van der Waals surface area (Å²) in [5.74, 6) is -0.945. The Morgan fingerprint density at radius 3 is 2.61 bits per heavy atom. The maximum absolute atomic E-state index is 13.0. The van der Waals surface area contributed by atoms with E-state index in [1.165, 1.54) is 13.1 Å². The first-order valence-corrected chi connectivity index (χ1v) is 8.35. The molecule has 3 N–H and O–H groups in total. The monoisotopic (exact) mass is 397 g/mol. The van der Waals surface area contributed by atoms with E-state index < -0.39 is 23.3 Å².